The molecule has 1 N–H and O–H groups in total. The van der Waals surface area contributed by atoms with E-state index < -0.39 is 0 Å². The zero-order valence-electron chi connectivity index (χ0n) is 19.4. The lowest BCUT2D eigenvalue weighted by atomic mass is 9.86. The Hall–Kier alpha value is -2.08. The summed E-state index contributed by atoms with van der Waals surface area (Å²) in [6.45, 7) is 9.36. The number of nitrogens with one attached hydrogen (secondary N) is 1. The monoisotopic (exact) mass is 501 g/mol. The van der Waals surface area contributed by atoms with E-state index in [2.05, 4.69) is 67.5 Å². The molecule has 0 bridgehead atoms. The summed E-state index contributed by atoms with van der Waals surface area (Å²) in [4.78, 5) is 13.9. The summed E-state index contributed by atoms with van der Waals surface area (Å²) >= 11 is 13.4. The summed E-state index contributed by atoms with van der Waals surface area (Å²) in [6.07, 6.45) is 1.87. The molecule has 0 radical (unpaired) electrons. The number of hydrogen-bond acceptors (Lipinski definition) is 4. The first kappa shape index (κ1) is 25.5. The standard InChI is InChI=1S/C26H29Cl2N3OS/c1-5-17(14-18-6-8-19(9-7-18)26(2,3)4)16-29-24(32)22-15-23(28)30-31-25(22)33-21-12-10-20(27)11-13-21/h6-13,15,17H,5,14,16H2,1-4H3,(H,29,32). The topological polar surface area (TPSA) is 54.9 Å². The van der Waals surface area contributed by atoms with E-state index in [0.717, 1.165) is 17.7 Å². The lowest BCUT2D eigenvalue weighted by Gasteiger charge is -2.20. The van der Waals surface area contributed by atoms with Gasteiger partial charge in [-0.3, -0.25) is 4.79 Å². The smallest absolute Gasteiger partial charge is 0.254 e. The summed E-state index contributed by atoms with van der Waals surface area (Å²) in [6, 6.07) is 17.7. The van der Waals surface area contributed by atoms with Crippen LogP contribution in [0, 0.1) is 5.92 Å². The number of rotatable bonds is 8. The highest BCUT2D eigenvalue weighted by molar-refractivity contribution is 7.99. The van der Waals surface area contributed by atoms with Gasteiger partial charge in [-0.15, -0.1) is 10.2 Å². The second-order valence-electron chi connectivity index (χ2n) is 9.08. The van der Waals surface area contributed by atoms with E-state index in [9.17, 15) is 4.79 Å². The Bertz CT molecular complexity index is 1080. The van der Waals surface area contributed by atoms with Crippen molar-refractivity contribution in [1.82, 2.24) is 15.5 Å². The number of nitrogens with zero attached hydrogens (tertiary/aromatic N) is 2. The molecule has 0 aliphatic carbocycles. The molecule has 0 aliphatic heterocycles. The van der Waals surface area contributed by atoms with Crippen LogP contribution in [0.15, 0.2) is 64.5 Å². The zero-order chi connectivity index (χ0) is 24.0. The van der Waals surface area contributed by atoms with Crippen LogP contribution in [0.1, 0.15) is 55.6 Å². The van der Waals surface area contributed by atoms with Crippen molar-refractivity contribution in [2.75, 3.05) is 6.54 Å². The van der Waals surface area contributed by atoms with E-state index in [1.165, 1.54) is 22.9 Å². The molecule has 0 aliphatic rings. The molecule has 3 rings (SSSR count). The van der Waals surface area contributed by atoms with Gasteiger partial charge in [0.15, 0.2) is 5.15 Å². The zero-order valence-corrected chi connectivity index (χ0v) is 21.7. The molecule has 33 heavy (non-hydrogen) atoms. The third-order valence-corrected chi connectivity index (χ3v) is 6.92. The quantitative estimate of drug-likeness (QED) is 0.353. The second-order valence-corrected chi connectivity index (χ2v) is 11.0. The first-order valence-corrected chi connectivity index (χ1v) is 12.6. The van der Waals surface area contributed by atoms with Crippen LogP contribution >= 0.6 is 35.0 Å². The molecule has 0 saturated heterocycles. The van der Waals surface area contributed by atoms with Crippen LogP contribution in [0.25, 0.3) is 0 Å². The fourth-order valence-electron chi connectivity index (χ4n) is 3.38. The largest absolute Gasteiger partial charge is 0.352 e. The molecule has 0 saturated carbocycles. The number of aromatic nitrogens is 2. The maximum absolute atomic E-state index is 13.0. The molecule has 4 nitrogen and oxygen atoms in total. The molecule has 3 aromatic rings. The van der Waals surface area contributed by atoms with Crippen LogP contribution in [0.3, 0.4) is 0 Å². The minimum absolute atomic E-state index is 0.137. The van der Waals surface area contributed by atoms with Crippen molar-refractivity contribution in [3.63, 3.8) is 0 Å². The van der Waals surface area contributed by atoms with E-state index in [4.69, 9.17) is 23.2 Å². The van der Waals surface area contributed by atoms with Crippen LogP contribution in [-0.2, 0) is 11.8 Å². The van der Waals surface area contributed by atoms with Crippen molar-refractivity contribution in [3.05, 3.63) is 81.5 Å². The molecular formula is C26H29Cl2N3OS. The van der Waals surface area contributed by atoms with Gasteiger partial charge in [-0.25, -0.2) is 0 Å². The number of benzene rings is 2. The Morgan fingerprint density at radius 2 is 1.70 bits per heavy atom. The first-order valence-electron chi connectivity index (χ1n) is 11.0. The Morgan fingerprint density at radius 1 is 1.03 bits per heavy atom. The molecule has 2 aromatic carbocycles. The van der Waals surface area contributed by atoms with E-state index in [1.807, 2.05) is 12.1 Å². The van der Waals surface area contributed by atoms with Gasteiger partial charge in [0.25, 0.3) is 5.91 Å². The molecule has 7 heteroatoms. The van der Waals surface area contributed by atoms with Gasteiger partial charge in [-0.05, 0) is 59.2 Å². The first-order chi connectivity index (χ1) is 15.7. The molecule has 174 valence electrons. The summed E-state index contributed by atoms with van der Waals surface area (Å²) < 4.78 is 0. The lowest BCUT2D eigenvalue weighted by molar-refractivity contribution is 0.0942. The van der Waals surface area contributed by atoms with Gasteiger partial charge < -0.3 is 5.32 Å². The average Bonchev–Trinajstić information content (AvgIpc) is 2.78. The Morgan fingerprint density at radius 3 is 2.30 bits per heavy atom. The van der Waals surface area contributed by atoms with Crippen LogP contribution in [-0.4, -0.2) is 22.6 Å². The summed E-state index contributed by atoms with van der Waals surface area (Å²) in [7, 11) is 0. The minimum Gasteiger partial charge on any atom is -0.352 e. The fourth-order valence-corrected chi connectivity index (χ4v) is 4.49. The number of carbonyl (C=O) groups excluding carboxylic acids is 1. The van der Waals surface area contributed by atoms with Crippen molar-refractivity contribution < 1.29 is 4.79 Å². The Kier molecular flexibility index (Phi) is 8.80. The Balaban J connectivity index is 1.66. The van der Waals surface area contributed by atoms with Crippen molar-refractivity contribution in [1.29, 1.82) is 0 Å². The average molecular weight is 503 g/mol. The van der Waals surface area contributed by atoms with Gasteiger partial charge in [-0.1, -0.05) is 93.3 Å². The predicted octanol–water partition coefficient (Wildman–Crippen LogP) is 7.23. The maximum Gasteiger partial charge on any atom is 0.254 e. The van der Waals surface area contributed by atoms with E-state index in [1.54, 1.807) is 18.2 Å². The predicted molar refractivity (Wildman–Crippen MR) is 138 cm³/mol. The van der Waals surface area contributed by atoms with Gasteiger partial charge in [0.2, 0.25) is 0 Å². The summed E-state index contributed by atoms with van der Waals surface area (Å²) in [5.41, 5.74) is 3.15. The molecule has 1 unspecified atom stereocenters. The molecule has 1 aromatic heterocycles. The normalized spacial score (nSPS) is 12.4. The van der Waals surface area contributed by atoms with Crippen LogP contribution in [0.5, 0.6) is 0 Å². The van der Waals surface area contributed by atoms with Crippen molar-refractivity contribution in [2.45, 2.75) is 55.9 Å². The van der Waals surface area contributed by atoms with E-state index >= 15 is 0 Å². The number of amides is 1. The highest BCUT2D eigenvalue weighted by Crippen LogP contribution is 2.30. The highest BCUT2D eigenvalue weighted by atomic mass is 35.5. The van der Waals surface area contributed by atoms with Crippen molar-refractivity contribution in [2.24, 2.45) is 5.92 Å². The third kappa shape index (κ3) is 7.46. The molecule has 1 heterocycles. The van der Waals surface area contributed by atoms with Gasteiger partial charge >= 0.3 is 0 Å². The van der Waals surface area contributed by atoms with Crippen molar-refractivity contribution in [3.8, 4) is 0 Å². The molecular weight excluding hydrogens is 473 g/mol. The van der Waals surface area contributed by atoms with Crippen LogP contribution in [0.4, 0.5) is 0 Å². The van der Waals surface area contributed by atoms with E-state index in [-0.39, 0.29) is 16.5 Å². The molecule has 0 fully saturated rings. The fraction of sp³-hybridized carbons (Fsp3) is 0.346. The molecule has 0 spiro atoms. The summed E-state index contributed by atoms with van der Waals surface area (Å²) in [5.74, 6) is 0.122. The minimum atomic E-state index is -0.204. The summed E-state index contributed by atoms with van der Waals surface area (Å²) in [5, 5.41) is 12.5. The maximum atomic E-state index is 13.0. The molecule has 1 amide bonds. The number of carbonyl (C=O) groups is 1. The number of halogens is 2. The second kappa shape index (κ2) is 11.4. The Labute approximate surface area is 210 Å². The molecule has 1 atom stereocenters. The SMILES string of the molecule is CCC(CNC(=O)c1cc(Cl)nnc1Sc1ccc(Cl)cc1)Cc1ccc(C(C)(C)C)cc1. The van der Waals surface area contributed by atoms with Crippen LogP contribution in [0.2, 0.25) is 10.2 Å². The van der Waals surface area contributed by atoms with Crippen molar-refractivity contribution >= 4 is 40.9 Å². The lowest BCUT2D eigenvalue weighted by Crippen LogP contribution is -2.30. The van der Waals surface area contributed by atoms with Gasteiger partial charge in [0.05, 0.1) is 5.56 Å². The van der Waals surface area contributed by atoms with Gasteiger partial charge in [0.1, 0.15) is 5.03 Å². The van der Waals surface area contributed by atoms with Crippen LogP contribution < -0.4 is 5.32 Å². The van der Waals surface area contributed by atoms with Gasteiger partial charge in [-0.2, -0.15) is 0 Å². The number of hydrogen-bond donors (Lipinski definition) is 1. The third-order valence-electron chi connectivity index (χ3n) is 5.48. The highest BCUT2D eigenvalue weighted by Gasteiger charge is 2.18. The van der Waals surface area contributed by atoms with E-state index in [0.29, 0.717) is 28.1 Å². The van der Waals surface area contributed by atoms with Gasteiger partial charge in [0, 0.05) is 16.5 Å².